The predicted octanol–water partition coefficient (Wildman–Crippen LogP) is 4.91. The van der Waals surface area contributed by atoms with E-state index in [2.05, 4.69) is 24.4 Å². The molecule has 1 nitrogen and oxygen atoms in total. The van der Waals surface area contributed by atoms with Crippen molar-refractivity contribution in [2.45, 2.75) is 26.2 Å². The van der Waals surface area contributed by atoms with Gasteiger partial charge in [-0.25, -0.2) is 4.39 Å². The molecular formula is C16H18FN. The van der Waals surface area contributed by atoms with Gasteiger partial charge in [0, 0.05) is 11.4 Å². The maximum Gasteiger partial charge on any atom is 0.125 e. The molecule has 2 aromatic rings. The lowest BCUT2D eigenvalue weighted by Crippen LogP contribution is -1.91. The number of aryl methyl sites for hydroxylation is 1. The van der Waals surface area contributed by atoms with Crippen LogP contribution in [0.5, 0.6) is 0 Å². The lowest BCUT2D eigenvalue weighted by Gasteiger charge is -2.07. The summed E-state index contributed by atoms with van der Waals surface area (Å²) in [6.07, 6.45) is 3.55. The Hall–Kier alpha value is -1.83. The minimum absolute atomic E-state index is 0.223. The molecule has 0 heterocycles. The molecule has 0 saturated heterocycles. The molecule has 2 heteroatoms. The first-order valence-electron chi connectivity index (χ1n) is 6.39. The summed E-state index contributed by atoms with van der Waals surface area (Å²) in [6.45, 7) is 2.19. The van der Waals surface area contributed by atoms with Gasteiger partial charge in [-0.1, -0.05) is 31.5 Å². The molecule has 0 radical (unpaired) electrons. The van der Waals surface area contributed by atoms with Crippen LogP contribution in [0.1, 0.15) is 25.3 Å². The molecule has 0 atom stereocenters. The van der Waals surface area contributed by atoms with Crippen LogP contribution in [0.4, 0.5) is 15.8 Å². The molecule has 0 bridgehead atoms. The minimum Gasteiger partial charge on any atom is -0.355 e. The van der Waals surface area contributed by atoms with E-state index >= 15 is 0 Å². The molecule has 94 valence electrons. The number of hydrogen-bond donors (Lipinski definition) is 1. The summed E-state index contributed by atoms with van der Waals surface area (Å²) in [6, 6.07) is 14.8. The maximum atomic E-state index is 13.0. The van der Waals surface area contributed by atoms with E-state index in [4.69, 9.17) is 0 Å². The van der Waals surface area contributed by atoms with Gasteiger partial charge in [0.05, 0.1) is 0 Å². The fourth-order valence-electron chi connectivity index (χ4n) is 1.87. The van der Waals surface area contributed by atoms with Gasteiger partial charge in [-0.2, -0.15) is 0 Å². The molecule has 0 fully saturated rings. The van der Waals surface area contributed by atoms with Crippen molar-refractivity contribution in [1.82, 2.24) is 0 Å². The van der Waals surface area contributed by atoms with Crippen LogP contribution in [-0.4, -0.2) is 0 Å². The Balaban J connectivity index is 2.02. The molecule has 18 heavy (non-hydrogen) atoms. The van der Waals surface area contributed by atoms with Crippen molar-refractivity contribution in [2.24, 2.45) is 0 Å². The Morgan fingerprint density at radius 1 is 1.00 bits per heavy atom. The molecule has 0 amide bonds. The second-order valence-corrected chi connectivity index (χ2v) is 4.44. The molecule has 0 saturated carbocycles. The van der Waals surface area contributed by atoms with E-state index in [1.165, 1.54) is 30.5 Å². The average molecular weight is 243 g/mol. The van der Waals surface area contributed by atoms with Gasteiger partial charge in [0.25, 0.3) is 0 Å². The maximum absolute atomic E-state index is 13.0. The summed E-state index contributed by atoms with van der Waals surface area (Å²) in [5.74, 6) is -0.223. The van der Waals surface area contributed by atoms with Crippen molar-refractivity contribution in [1.29, 1.82) is 0 Å². The molecule has 2 rings (SSSR count). The van der Waals surface area contributed by atoms with Crippen LogP contribution in [0.2, 0.25) is 0 Å². The lowest BCUT2D eigenvalue weighted by atomic mass is 10.1. The fraction of sp³-hybridized carbons (Fsp3) is 0.250. The Labute approximate surface area is 108 Å². The number of anilines is 2. The smallest absolute Gasteiger partial charge is 0.125 e. The van der Waals surface area contributed by atoms with Crippen LogP contribution in [0.3, 0.4) is 0 Å². The van der Waals surface area contributed by atoms with E-state index in [9.17, 15) is 4.39 Å². The summed E-state index contributed by atoms with van der Waals surface area (Å²) in [7, 11) is 0. The summed E-state index contributed by atoms with van der Waals surface area (Å²) in [5.41, 5.74) is 3.11. The van der Waals surface area contributed by atoms with Crippen molar-refractivity contribution in [3.05, 3.63) is 59.9 Å². The number of unbranched alkanes of at least 4 members (excludes halogenated alkanes) is 1. The highest BCUT2D eigenvalue weighted by molar-refractivity contribution is 5.59. The molecule has 2 aromatic carbocycles. The Kier molecular flexibility index (Phi) is 4.35. The Bertz CT molecular complexity index is 491. The molecule has 0 aliphatic carbocycles. The number of benzene rings is 2. The zero-order valence-electron chi connectivity index (χ0n) is 10.6. The molecule has 0 spiro atoms. The Morgan fingerprint density at radius 3 is 2.44 bits per heavy atom. The highest BCUT2D eigenvalue weighted by atomic mass is 19.1. The summed E-state index contributed by atoms with van der Waals surface area (Å²) in [4.78, 5) is 0. The van der Waals surface area contributed by atoms with Gasteiger partial charge in [-0.15, -0.1) is 0 Å². The molecule has 0 aliphatic rings. The van der Waals surface area contributed by atoms with Crippen LogP contribution < -0.4 is 5.32 Å². The molecule has 0 aliphatic heterocycles. The zero-order chi connectivity index (χ0) is 12.8. The van der Waals surface area contributed by atoms with Crippen LogP contribution in [0.25, 0.3) is 0 Å². The number of rotatable bonds is 5. The normalized spacial score (nSPS) is 10.3. The molecule has 0 aromatic heterocycles. The second-order valence-electron chi connectivity index (χ2n) is 4.44. The van der Waals surface area contributed by atoms with Gasteiger partial charge in [0.1, 0.15) is 5.82 Å². The van der Waals surface area contributed by atoms with Crippen LogP contribution in [0, 0.1) is 5.82 Å². The summed E-state index contributed by atoms with van der Waals surface area (Å²) < 4.78 is 13.0. The second kappa shape index (κ2) is 6.20. The SMILES string of the molecule is CCCCc1ccc(Nc2cccc(F)c2)cc1. The average Bonchev–Trinajstić information content (AvgIpc) is 2.38. The van der Waals surface area contributed by atoms with Crippen molar-refractivity contribution in [3.8, 4) is 0 Å². The monoisotopic (exact) mass is 243 g/mol. The largest absolute Gasteiger partial charge is 0.355 e. The van der Waals surface area contributed by atoms with Crippen molar-refractivity contribution in [3.63, 3.8) is 0 Å². The first-order valence-corrected chi connectivity index (χ1v) is 6.39. The van der Waals surface area contributed by atoms with Crippen molar-refractivity contribution >= 4 is 11.4 Å². The van der Waals surface area contributed by atoms with E-state index in [0.717, 1.165) is 17.8 Å². The van der Waals surface area contributed by atoms with E-state index in [1.54, 1.807) is 6.07 Å². The van der Waals surface area contributed by atoms with Gasteiger partial charge in [-0.05, 0) is 48.7 Å². The third-order valence-corrected chi connectivity index (χ3v) is 2.89. The highest BCUT2D eigenvalue weighted by Crippen LogP contribution is 2.18. The topological polar surface area (TPSA) is 12.0 Å². The quantitative estimate of drug-likeness (QED) is 0.786. The number of hydrogen-bond acceptors (Lipinski definition) is 1. The molecule has 0 unspecified atom stereocenters. The van der Waals surface area contributed by atoms with Gasteiger partial charge in [0.2, 0.25) is 0 Å². The third-order valence-electron chi connectivity index (χ3n) is 2.89. The lowest BCUT2D eigenvalue weighted by molar-refractivity contribution is 0.628. The van der Waals surface area contributed by atoms with E-state index in [1.807, 2.05) is 18.2 Å². The summed E-state index contributed by atoms with van der Waals surface area (Å²) >= 11 is 0. The van der Waals surface area contributed by atoms with E-state index < -0.39 is 0 Å². The highest BCUT2D eigenvalue weighted by Gasteiger charge is 1.97. The Morgan fingerprint density at radius 2 is 1.78 bits per heavy atom. The van der Waals surface area contributed by atoms with Crippen LogP contribution in [0.15, 0.2) is 48.5 Å². The number of nitrogens with one attached hydrogen (secondary N) is 1. The standard InChI is InChI=1S/C16H18FN/c1-2-3-5-13-8-10-15(11-9-13)18-16-7-4-6-14(17)12-16/h4,6-12,18H,2-3,5H2,1H3. The first-order chi connectivity index (χ1) is 8.78. The van der Waals surface area contributed by atoms with Gasteiger partial charge in [-0.3, -0.25) is 0 Å². The summed E-state index contributed by atoms with van der Waals surface area (Å²) in [5, 5.41) is 3.19. The van der Waals surface area contributed by atoms with Crippen LogP contribution in [-0.2, 0) is 6.42 Å². The van der Waals surface area contributed by atoms with Crippen molar-refractivity contribution < 1.29 is 4.39 Å². The first kappa shape index (κ1) is 12.6. The fourth-order valence-corrected chi connectivity index (χ4v) is 1.87. The van der Waals surface area contributed by atoms with E-state index in [0.29, 0.717) is 0 Å². The third kappa shape index (κ3) is 3.59. The van der Waals surface area contributed by atoms with Crippen LogP contribution >= 0.6 is 0 Å². The van der Waals surface area contributed by atoms with Crippen molar-refractivity contribution in [2.75, 3.05) is 5.32 Å². The van der Waals surface area contributed by atoms with Gasteiger partial charge in [0.15, 0.2) is 0 Å². The van der Waals surface area contributed by atoms with E-state index in [-0.39, 0.29) is 5.82 Å². The minimum atomic E-state index is -0.223. The predicted molar refractivity (Wildman–Crippen MR) is 74.7 cm³/mol. The molecule has 1 N–H and O–H groups in total. The zero-order valence-corrected chi connectivity index (χ0v) is 10.6. The van der Waals surface area contributed by atoms with Gasteiger partial charge >= 0.3 is 0 Å². The number of halogens is 1. The van der Waals surface area contributed by atoms with Gasteiger partial charge < -0.3 is 5.32 Å². The molecular weight excluding hydrogens is 225 g/mol.